The van der Waals surface area contributed by atoms with Gasteiger partial charge in [0.2, 0.25) is 5.71 Å². The van der Waals surface area contributed by atoms with Gasteiger partial charge in [0.15, 0.2) is 0 Å². The SMILES string of the molecule is c1ccc(-n2c3ccccc3c3c4ccc(-c5cccc(-n6c7ccccc7c7cc(-n8c9ccccc9c9ccccc98)ccc76)c5)cc4oc32)cc1. The largest absolute Gasteiger partial charge is 0.439 e. The van der Waals surface area contributed by atoms with Crippen molar-refractivity contribution in [2.75, 3.05) is 0 Å². The average Bonchev–Trinajstić information content (AvgIpc) is 3.96. The molecule has 0 aliphatic heterocycles. The molecule has 8 aromatic carbocycles. The van der Waals surface area contributed by atoms with Crippen molar-refractivity contribution in [3.05, 3.63) is 188 Å². The Labute approximate surface area is 309 Å². The highest BCUT2D eigenvalue weighted by molar-refractivity contribution is 6.20. The third-order valence-corrected chi connectivity index (χ3v) is 11.2. The molecule has 12 aromatic rings. The zero-order chi connectivity index (χ0) is 35.3. The molecule has 4 nitrogen and oxygen atoms in total. The van der Waals surface area contributed by atoms with Gasteiger partial charge in [0.05, 0.1) is 33.0 Å². The van der Waals surface area contributed by atoms with E-state index >= 15 is 0 Å². The minimum atomic E-state index is 0.869. The molecule has 0 unspecified atom stereocenters. The molecular weight excluding hydrogens is 659 g/mol. The molecule has 0 aliphatic rings. The van der Waals surface area contributed by atoms with E-state index in [4.69, 9.17) is 4.42 Å². The lowest BCUT2D eigenvalue weighted by molar-refractivity contribution is 0.645. The van der Waals surface area contributed by atoms with Gasteiger partial charge in [0.25, 0.3) is 0 Å². The van der Waals surface area contributed by atoms with Gasteiger partial charge >= 0.3 is 0 Å². The second kappa shape index (κ2) is 11.1. The van der Waals surface area contributed by atoms with Crippen molar-refractivity contribution in [3.63, 3.8) is 0 Å². The summed E-state index contributed by atoms with van der Waals surface area (Å²) in [6.07, 6.45) is 0. The quantitative estimate of drug-likeness (QED) is 0.181. The Hall–Kier alpha value is -7.30. The molecule has 0 fully saturated rings. The Balaban J connectivity index is 1.02. The maximum atomic E-state index is 6.75. The molecule has 54 heavy (non-hydrogen) atoms. The molecular formula is C50H31N3O. The van der Waals surface area contributed by atoms with Crippen molar-refractivity contribution >= 4 is 76.6 Å². The third kappa shape index (κ3) is 4.08. The number of rotatable bonds is 4. The second-order valence-corrected chi connectivity index (χ2v) is 14.2. The van der Waals surface area contributed by atoms with Gasteiger partial charge in [-0.2, -0.15) is 0 Å². The van der Waals surface area contributed by atoms with Crippen molar-refractivity contribution in [2.45, 2.75) is 0 Å². The van der Waals surface area contributed by atoms with Crippen molar-refractivity contribution in [2.24, 2.45) is 0 Å². The predicted octanol–water partition coefficient (Wildman–Crippen LogP) is 13.4. The molecule has 0 spiro atoms. The maximum absolute atomic E-state index is 6.75. The van der Waals surface area contributed by atoms with Crippen LogP contribution in [0.1, 0.15) is 0 Å². The van der Waals surface area contributed by atoms with Gasteiger partial charge in [-0.1, -0.05) is 109 Å². The summed E-state index contributed by atoms with van der Waals surface area (Å²) in [7, 11) is 0. The van der Waals surface area contributed by atoms with Gasteiger partial charge in [-0.3, -0.25) is 4.57 Å². The van der Waals surface area contributed by atoms with Crippen molar-refractivity contribution in [1.82, 2.24) is 13.7 Å². The van der Waals surface area contributed by atoms with E-state index < -0.39 is 0 Å². The minimum Gasteiger partial charge on any atom is -0.439 e. The number of furan rings is 1. The summed E-state index contributed by atoms with van der Waals surface area (Å²) in [5, 5.41) is 8.46. The number of aromatic nitrogens is 3. The van der Waals surface area contributed by atoms with E-state index in [1.54, 1.807) is 0 Å². The molecule has 0 amide bonds. The van der Waals surface area contributed by atoms with Crippen LogP contribution in [0.15, 0.2) is 192 Å². The van der Waals surface area contributed by atoms with E-state index in [-0.39, 0.29) is 0 Å². The molecule has 0 atom stereocenters. The molecule has 0 saturated carbocycles. The lowest BCUT2D eigenvalue weighted by Crippen LogP contribution is -1.96. The number of para-hydroxylation sites is 5. The van der Waals surface area contributed by atoms with Crippen molar-refractivity contribution < 1.29 is 4.42 Å². The van der Waals surface area contributed by atoms with Crippen LogP contribution < -0.4 is 0 Å². The fourth-order valence-electron chi connectivity index (χ4n) is 8.91. The second-order valence-electron chi connectivity index (χ2n) is 14.2. The van der Waals surface area contributed by atoms with E-state index in [0.717, 1.165) is 55.8 Å². The Bertz CT molecular complexity index is 3390. The predicted molar refractivity (Wildman–Crippen MR) is 225 cm³/mol. The van der Waals surface area contributed by atoms with E-state index in [1.807, 2.05) is 0 Å². The average molecular weight is 690 g/mol. The van der Waals surface area contributed by atoms with Crippen LogP contribution in [0, 0.1) is 0 Å². The summed E-state index contributed by atoms with van der Waals surface area (Å²) < 4.78 is 13.8. The smallest absolute Gasteiger partial charge is 0.213 e. The number of hydrogen-bond acceptors (Lipinski definition) is 1. The van der Waals surface area contributed by atoms with E-state index in [9.17, 15) is 0 Å². The summed E-state index contributed by atoms with van der Waals surface area (Å²) in [5.41, 5.74) is 13.3. The van der Waals surface area contributed by atoms with Crippen LogP contribution >= 0.6 is 0 Å². The summed E-state index contributed by atoms with van der Waals surface area (Å²) in [6, 6.07) is 67.6. The van der Waals surface area contributed by atoms with Crippen LogP contribution in [0.2, 0.25) is 0 Å². The van der Waals surface area contributed by atoms with Gasteiger partial charge in [-0.05, 0) is 90.0 Å². The number of benzene rings is 8. The normalized spacial score (nSPS) is 12.1. The monoisotopic (exact) mass is 689 g/mol. The topological polar surface area (TPSA) is 27.9 Å². The van der Waals surface area contributed by atoms with Gasteiger partial charge in [-0.25, -0.2) is 0 Å². The van der Waals surface area contributed by atoms with Gasteiger partial charge in [-0.15, -0.1) is 0 Å². The van der Waals surface area contributed by atoms with E-state index in [2.05, 4.69) is 202 Å². The van der Waals surface area contributed by atoms with E-state index in [1.165, 1.54) is 49.0 Å². The number of fused-ring (bicyclic) bond motifs is 11. The first-order valence-electron chi connectivity index (χ1n) is 18.4. The fourth-order valence-corrected chi connectivity index (χ4v) is 8.91. The Kier molecular flexibility index (Phi) is 6.02. The lowest BCUT2D eigenvalue weighted by atomic mass is 10.0. The molecule has 4 heterocycles. The molecule has 0 aliphatic carbocycles. The third-order valence-electron chi connectivity index (χ3n) is 11.2. The summed E-state index contributed by atoms with van der Waals surface area (Å²) in [6.45, 7) is 0. The van der Waals surface area contributed by atoms with Crippen LogP contribution in [-0.2, 0) is 0 Å². The van der Waals surface area contributed by atoms with Crippen molar-refractivity contribution in [1.29, 1.82) is 0 Å². The molecule has 4 heteroatoms. The molecule has 0 radical (unpaired) electrons. The van der Waals surface area contributed by atoms with Crippen molar-refractivity contribution in [3.8, 4) is 28.2 Å². The molecule has 252 valence electrons. The molecule has 12 rings (SSSR count). The van der Waals surface area contributed by atoms with Crippen LogP contribution in [0.5, 0.6) is 0 Å². The lowest BCUT2D eigenvalue weighted by Gasteiger charge is -2.12. The summed E-state index contributed by atoms with van der Waals surface area (Å²) in [4.78, 5) is 0. The first-order valence-corrected chi connectivity index (χ1v) is 18.4. The first-order chi connectivity index (χ1) is 26.8. The van der Waals surface area contributed by atoms with Gasteiger partial charge in [0, 0.05) is 49.4 Å². The standard InChI is InChI=1S/C50H31N3O/c1-2-14-34(15-3-1)53-46-24-11-7-20-40(46)49-41-27-25-33(30-48(41)54-50(49)53)32-13-12-16-35(29-32)51-45-23-10-6-19-39(45)42-31-36(26-28-47(42)51)52-43-21-8-4-17-37(43)38-18-5-9-22-44(38)52/h1-31H. The molecule has 0 N–H and O–H groups in total. The molecule has 0 bridgehead atoms. The Morgan fingerprint density at radius 1 is 0.296 bits per heavy atom. The molecule has 0 saturated heterocycles. The van der Waals surface area contributed by atoms with E-state index in [0.29, 0.717) is 0 Å². The zero-order valence-corrected chi connectivity index (χ0v) is 29.1. The van der Waals surface area contributed by atoms with Gasteiger partial charge in [0.1, 0.15) is 5.58 Å². The zero-order valence-electron chi connectivity index (χ0n) is 29.1. The van der Waals surface area contributed by atoms with Crippen LogP contribution in [0.3, 0.4) is 0 Å². The van der Waals surface area contributed by atoms with Crippen LogP contribution in [-0.4, -0.2) is 13.7 Å². The maximum Gasteiger partial charge on any atom is 0.213 e. The Morgan fingerprint density at radius 2 is 0.815 bits per heavy atom. The number of nitrogens with zero attached hydrogens (tertiary/aromatic N) is 3. The van der Waals surface area contributed by atoms with Gasteiger partial charge < -0.3 is 13.6 Å². The summed E-state index contributed by atoms with van der Waals surface area (Å²) >= 11 is 0. The Morgan fingerprint density at radius 3 is 1.50 bits per heavy atom. The highest BCUT2D eigenvalue weighted by Crippen LogP contribution is 2.41. The highest BCUT2D eigenvalue weighted by atomic mass is 16.3. The highest BCUT2D eigenvalue weighted by Gasteiger charge is 2.20. The minimum absolute atomic E-state index is 0.869. The first kappa shape index (κ1) is 29.3. The summed E-state index contributed by atoms with van der Waals surface area (Å²) in [5.74, 6) is 0. The van der Waals surface area contributed by atoms with Crippen LogP contribution in [0.4, 0.5) is 0 Å². The number of hydrogen-bond donors (Lipinski definition) is 0. The fraction of sp³-hybridized carbons (Fsp3) is 0. The van der Waals surface area contributed by atoms with Crippen LogP contribution in [0.25, 0.3) is 105 Å². The molecule has 4 aromatic heterocycles.